The van der Waals surface area contributed by atoms with Crippen LogP contribution < -0.4 is 18.9 Å². The molecule has 2 aromatic rings. The van der Waals surface area contributed by atoms with Crippen molar-refractivity contribution in [2.75, 3.05) is 28.4 Å². The number of rotatable bonds is 6. The standard InChI is InChI=1S/C16H18N2O5/c1-20-11-5-6-12(13(19)9-11)18-17-10-7-14(21-2)16(23-4)15(8-10)22-3/h5-9,19H,1-4H3. The summed E-state index contributed by atoms with van der Waals surface area (Å²) in [5, 5.41) is 18.0. The van der Waals surface area contributed by atoms with Crippen LogP contribution in [0.4, 0.5) is 11.4 Å². The van der Waals surface area contributed by atoms with Crippen LogP contribution >= 0.6 is 0 Å². The molecule has 122 valence electrons. The molecule has 0 amide bonds. The van der Waals surface area contributed by atoms with Crippen molar-refractivity contribution in [2.45, 2.75) is 0 Å². The topological polar surface area (TPSA) is 81.9 Å². The first kappa shape index (κ1) is 16.4. The third kappa shape index (κ3) is 3.63. The van der Waals surface area contributed by atoms with E-state index in [2.05, 4.69) is 10.2 Å². The molecule has 0 radical (unpaired) electrons. The van der Waals surface area contributed by atoms with Gasteiger partial charge in [0.1, 0.15) is 17.2 Å². The smallest absolute Gasteiger partial charge is 0.203 e. The van der Waals surface area contributed by atoms with Crippen molar-refractivity contribution in [1.29, 1.82) is 0 Å². The van der Waals surface area contributed by atoms with Gasteiger partial charge in [-0.25, -0.2) is 0 Å². The molecule has 2 rings (SSSR count). The van der Waals surface area contributed by atoms with E-state index in [-0.39, 0.29) is 5.75 Å². The van der Waals surface area contributed by atoms with Gasteiger partial charge in [-0.1, -0.05) is 0 Å². The zero-order chi connectivity index (χ0) is 16.8. The van der Waals surface area contributed by atoms with E-state index in [9.17, 15) is 5.11 Å². The van der Waals surface area contributed by atoms with Gasteiger partial charge < -0.3 is 24.1 Å². The third-order valence-corrected chi connectivity index (χ3v) is 3.11. The number of nitrogens with zero attached hydrogens (tertiary/aromatic N) is 2. The Hall–Kier alpha value is -2.96. The normalized spacial score (nSPS) is 10.6. The Morgan fingerprint density at radius 2 is 1.43 bits per heavy atom. The molecule has 0 aliphatic carbocycles. The highest BCUT2D eigenvalue weighted by molar-refractivity contribution is 5.61. The summed E-state index contributed by atoms with van der Waals surface area (Å²) in [5.41, 5.74) is 0.814. The number of phenolic OH excluding ortho intramolecular Hbond substituents is 1. The van der Waals surface area contributed by atoms with Crippen molar-refractivity contribution >= 4 is 11.4 Å². The lowest BCUT2D eigenvalue weighted by Crippen LogP contribution is -1.94. The summed E-state index contributed by atoms with van der Waals surface area (Å²) in [4.78, 5) is 0. The van der Waals surface area contributed by atoms with Crippen molar-refractivity contribution in [3.05, 3.63) is 30.3 Å². The van der Waals surface area contributed by atoms with Crippen LogP contribution in [-0.4, -0.2) is 33.5 Å². The molecular weight excluding hydrogens is 300 g/mol. The molecule has 0 saturated carbocycles. The molecule has 0 saturated heterocycles. The van der Waals surface area contributed by atoms with Gasteiger partial charge >= 0.3 is 0 Å². The van der Waals surface area contributed by atoms with Crippen molar-refractivity contribution in [2.24, 2.45) is 10.2 Å². The molecule has 0 spiro atoms. The summed E-state index contributed by atoms with van der Waals surface area (Å²) in [7, 11) is 6.09. The highest BCUT2D eigenvalue weighted by Crippen LogP contribution is 2.41. The number of benzene rings is 2. The Labute approximate surface area is 134 Å². The van der Waals surface area contributed by atoms with E-state index in [0.717, 1.165) is 0 Å². The quantitative estimate of drug-likeness (QED) is 0.818. The second-order valence-electron chi connectivity index (χ2n) is 4.44. The lowest BCUT2D eigenvalue weighted by molar-refractivity contribution is 0.324. The molecule has 7 nitrogen and oxygen atoms in total. The second-order valence-corrected chi connectivity index (χ2v) is 4.44. The van der Waals surface area contributed by atoms with Crippen LogP contribution in [0, 0.1) is 0 Å². The van der Waals surface area contributed by atoms with Crippen LogP contribution in [-0.2, 0) is 0 Å². The Bertz CT molecular complexity index is 691. The first-order valence-corrected chi connectivity index (χ1v) is 6.71. The fraction of sp³-hybridized carbons (Fsp3) is 0.250. The van der Waals surface area contributed by atoms with E-state index < -0.39 is 0 Å². The van der Waals surface area contributed by atoms with Gasteiger partial charge in [0, 0.05) is 18.2 Å². The molecule has 0 atom stereocenters. The number of hydrogen-bond acceptors (Lipinski definition) is 7. The largest absolute Gasteiger partial charge is 0.505 e. The average molecular weight is 318 g/mol. The van der Waals surface area contributed by atoms with E-state index in [1.807, 2.05) is 0 Å². The van der Waals surface area contributed by atoms with Crippen LogP contribution in [0.5, 0.6) is 28.7 Å². The summed E-state index contributed by atoms with van der Waals surface area (Å²) in [5.74, 6) is 1.93. The minimum Gasteiger partial charge on any atom is -0.505 e. The molecule has 0 fully saturated rings. The molecule has 0 aromatic heterocycles. The number of aromatic hydroxyl groups is 1. The van der Waals surface area contributed by atoms with Gasteiger partial charge in [-0.15, -0.1) is 5.11 Å². The van der Waals surface area contributed by atoms with Gasteiger partial charge in [-0.3, -0.25) is 0 Å². The number of hydrogen-bond donors (Lipinski definition) is 1. The molecular formula is C16H18N2O5. The van der Waals surface area contributed by atoms with E-state index in [1.54, 1.807) is 24.3 Å². The van der Waals surface area contributed by atoms with Gasteiger partial charge in [0.15, 0.2) is 11.5 Å². The van der Waals surface area contributed by atoms with Gasteiger partial charge in [-0.2, -0.15) is 5.11 Å². The van der Waals surface area contributed by atoms with E-state index in [4.69, 9.17) is 18.9 Å². The monoisotopic (exact) mass is 318 g/mol. The third-order valence-electron chi connectivity index (χ3n) is 3.11. The Balaban J connectivity index is 2.36. The molecule has 23 heavy (non-hydrogen) atoms. The first-order valence-electron chi connectivity index (χ1n) is 6.71. The molecule has 1 N–H and O–H groups in total. The molecule has 0 aliphatic rings. The van der Waals surface area contributed by atoms with Gasteiger partial charge in [0.05, 0.1) is 34.1 Å². The van der Waals surface area contributed by atoms with Gasteiger partial charge in [-0.05, 0) is 12.1 Å². The predicted molar refractivity (Wildman–Crippen MR) is 84.9 cm³/mol. The maximum atomic E-state index is 9.88. The van der Waals surface area contributed by atoms with Crippen molar-refractivity contribution in [3.63, 3.8) is 0 Å². The predicted octanol–water partition coefficient (Wildman–Crippen LogP) is 3.84. The molecule has 0 bridgehead atoms. The van der Waals surface area contributed by atoms with Crippen molar-refractivity contribution < 1.29 is 24.1 Å². The second kappa shape index (κ2) is 7.35. The van der Waals surface area contributed by atoms with E-state index >= 15 is 0 Å². The maximum Gasteiger partial charge on any atom is 0.203 e. The zero-order valence-electron chi connectivity index (χ0n) is 13.4. The fourth-order valence-electron chi connectivity index (χ4n) is 1.95. The van der Waals surface area contributed by atoms with Crippen LogP contribution in [0.1, 0.15) is 0 Å². The number of ether oxygens (including phenoxy) is 4. The van der Waals surface area contributed by atoms with Crippen LogP contribution in [0.25, 0.3) is 0 Å². The summed E-state index contributed by atoms with van der Waals surface area (Å²) < 4.78 is 20.8. The van der Waals surface area contributed by atoms with E-state index in [1.165, 1.54) is 34.5 Å². The van der Waals surface area contributed by atoms with Crippen molar-refractivity contribution in [3.8, 4) is 28.7 Å². The Kier molecular flexibility index (Phi) is 5.24. The fourth-order valence-corrected chi connectivity index (χ4v) is 1.95. The molecule has 0 aliphatic heterocycles. The zero-order valence-corrected chi connectivity index (χ0v) is 13.4. The summed E-state index contributed by atoms with van der Waals surface area (Å²) >= 11 is 0. The van der Waals surface area contributed by atoms with Crippen LogP contribution in [0.3, 0.4) is 0 Å². The lowest BCUT2D eigenvalue weighted by atomic mass is 10.2. The van der Waals surface area contributed by atoms with Crippen LogP contribution in [0.2, 0.25) is 0 Å². The highest BCUT2D eigenvalue weighted by atomic mass is 16.5. The summed E-state index contributed by atoms with van der Waals surface area (Å²) in [6.07, 6.45) is 0. The lowest BCUT2D eigenvalue weighted by Gasteiger charge is -2.12. The number of methoxy groups -OCH3 is 4. The average Bonchev–Trinajstić information content (AvgIpc) is 2.59. The minimum atomic E-state index is -0.0273. The van der Waals surface area contributed by atoms with E-state index in [0.29, 0.717) is 34.4 Å². The molecule has 7 heteroatoms. The SMILES string of the molecule is COc1ccc(N=Nc2cc(OC)c(OC)c(OC)c2)c(O)c1. The summed E-state index contributed by atoms with van der Waals surface area (Å²) in [6, 6.07) is 8.07. The van der Waals surface area contributed by atoms with Gasteiger partial charge in [0.25, 0.3) is 0 Å². The Morgan fingerprint density at radius 3 is 1.91 bits per heavy atom. The number of phenols is 1. The summed E-state index contributed by atoms with van der Waals surface area (Å²) in [6.45, 7) is 0. The molecule has 2 aromatic carbocycles. The Morgan fingerprint density at radius 1 is 0.783 bits per heavy atom. The van der Waals surface area contributed by atoms with Crippen LogP contribution in [0.15, 0.2) is 40.6 Å². The minimum absolute atomic E-state index is 0.0273. The molecule has 0 heterocycles. The van der Waals surface area contributed by atoms with Crippen molar-refractivity contribution in [1.82, 2.24) is 0 Å². The number of azo groups is 1. The molecule has 0 unspecified atom stereocenters. The maximum absolute atomic E-state index is 9.88. The highest BCUT2D eigenvalue weighted by Gasteiger charge is 2.13. The van der Waals surface area contributed by atoms with Gasteiger partial charge in [0.2, 0.25) is 5.75 Å². The first-order chi connectivity index (χ1) is 11.1.